The number of alkyl halides is 3. The van der Waals surface area contributed by atoms with Gasteiger partial charge in [-0.25, -0.2) is 18.4 Å². The van der Waals surface area contributed by atoms with Gasteiger partial charge in [-0.05, 0) is 55.1 Å². The molecule has 1 atom stereocenters. The normalized spacial score (nSPS) is 16.3. The van der Waals surface area contributed by atoms with Crippen LogP contribution in [0.3, 0.4) is 0 Å². The first-order chi connectivity index (χ1) is 17.5. The van der Waals surface area contributed by atoms with Crippen LogP contribution in [0.25, 0.3) is 21.6 Å². The first-order valence-electron chi connectivity index (χ1n) is 11.4. The van der Waals surface area contributed by atoms with Crippen LogP contribution in [0.4, 0.5) is 19.2 Å². The lowest BCUT2D eigenvalue weighted by atomic mass is 9.92. The van der Waals surface area contributed by atoms with Gasteiger partial charge in [0.2, 0.25) is 0 Å². The van der Waals surface area contributed by atoms with Gasteiger partial charge in [-0.1, -0.05) is 23.5 Å². The summed E-state index contributed by atoms with van der Waals surface area (Å²) in [5.74, 6) is -1.11. The summed E-state index contributed by atoms with van der Waals surface area (Å²) in [6.07, 6.45) is -2.28. The van der Waals surface area contributed by atoms with Crippen molar-refractivity contribution in [2.45, 2.75) is 36.9 Å². The molecule has 1 fully saturated rings. The molecule has 1 aromatic carbocycles. The van der Waals surface area contributed by atoms with Crippen molar-refractivity contribution in [1.29, 1.82) is 0 Å². The van der Waals surface area contributed by atoms with E-state index in [1.54, 1.807) is 29.2 Å². The Labute approximate surface area is 214 Å². The predicted octanol–water partition coefficient (Wildman–Crippen LogP) is 4.85. The topological polar surface area (TPSA) is 111 Å². The molecular formula is C23H22F3N5O4S2. The maximum atomic E-state index is 12.7. The third-order valence-electron chi connectivity index (χ3n) is 6.24. The van der Waals surface area contributed by atoms with Crippen molar-refractivity contribution in [1.82, 2.24) is 20.1 Å². The van der Waals surface area contributed by atoms with Crippen molar-refractivity contribution in [3.8, 4) is 16.5 Å². The Hall–Kier alpha value is -3.26. The highest BCUT2D eigenvalue weighted by atomic mass is 32.2. The Bertz CT molecular complexity index is 1510. The van der Waals surface area contributed by atoms with Crippen LogP contribution in [0.1, 0.15) is 25.6 Å². The van der Waals surface area contributed by atoms with Gasteiger partial charge in [0.15, 0.2) is 9.84 Å². The average molecular weight is 554 g/mol. The van der Waals surface area contributed by atoms with Crippen LogP contribution < -0.4 is 9.64 Å². The molecule has 0 aliphatic carbocycles. The Balaban J connectivity index is 1.22. The molecule has 0 spiro atoms. The minimum absolute atomic E-state index is 0.127. The van der Waals surface area contributed by atoms with E-state index in [0.29, 0.717) is 47.2 Å². The Morgan fingerprint density at radius 1 is 1.08 bits per heavy atom. The quantitative estimate of drug-likeness (QED) is 0.331. The molecular weight excluding hydrogens is 531 g/mol. The lowest BCUT2D eigenvalue weighted by Gasteiger charge is -2.33. The van der Waals surface area contributed by atoms with E-state index in [0.717, 1.165) is 11.8 Å². The number of sulfone groups is 1. The van der Waals surface area contributed by atoms with E-state index in [4.69, 9.17) is 9.26 Å². The number of benzene rings is 1. The maximum absolute atomic E-state index is 12.7. The summed E-state index contributed by atoms with van der Waals surface area (Å²) in [6, 6.07) is 10.1. The number of pyridine rings is 1. The van der Waals surface area contributed by atoms with Gasteiger partial charge >= 0.3 is 12.2 Å². The first-order valence-corrected chi connectivity index (χ1v) is 14.1. The number of thiazole rings is 1. The molecule has 1 unspecified atom stereocenters. The van der Waals surface area contributed by atoms with Crippen LogP contribution in [0.5, 0.6) is 5.19 Å². The Morgan fingerprint density at radius 2 is 1.78 bits per heavy atom. The monoisotopic (exact) mass is 553 g/mol. The van der Waals surface area contributed by atoms with Gasteiger partial charge in [0.25, 0.3) is 11.0 Å². The van der Waals surface area contributed by atoms with Crippen molar-refractivity contribution < 1.29 is 30.8 Å². The van der Waals surface area contributed by atoms with Crippen molar-refractivity contribution >= 4 is 37.5 Å². The van der Waals surface area contributed by atoms with E-state index in [2.05, 4.69) is 20.1 Å². The van der Waals surface area contributed by atoms with Gasteiger partial charge in [-0.2, -0.15) is 18.2 Å². The third kappa shape index (κ3) is 5.54. The number of anilines is 1. The van der Waals surface area contributed by atoms with Gasteiger partial charge in [0.05, 0.1) is 10.6 Å². The number of hydrogen-bond acceptors (Lipinski definition) is 10. The van der Waals surface area contributed by atoms with Crippen LogP contribution in [-0.2, 0) is 16.0 Å². The second-order valence-corrected chi connectivity index (χ2v) is 11.8. The largest absolute Gasteiger partial charge is 0.467 e. The molecule has 1 aliphatic heterocycles. The molecule has 0 bridgehead atoms. The van der Waals surface area contributed by atoms with Gasteiger partial charge in [0, 0.05) is 24.9 Å². The lowest BCUT2D eigenvalue weighted by molar-refractivity contribution is -0.146. The highest BCUT2D eigenvalue weighted by molar-refractivity contribution is 7.90. The van der Waals surface area contributed by atoms with E-state index in [1.807, 2.05) is 19.1 Å². The first kappa shape index (κ1) is 25.4. The number of fused-ring (bicyclic) bond motifs is 1. The summed E-state index contributed by atoms with van der Waals surface area (Å²) in [5.41, 5.74) is 2.17. The standard InChI is InChI=1S/C23H22F3N5O4S2/c1-13(14-9-11-31(12-10-14)21-29-20(30-35-21)23(24,25)26)34-22-28-18-8-7-17(27-19(18)36-22)15-3-5-16(6-4-15)37(2,32)33/h3-8,13-14H,9-12H2,1-2H3. The Kier molecular flexibility index (Phi) is 6.56. The number of aromatic nitrogens is 4. The van der Waals surface area contributed by atoms with Gasteiger partial charge in [-0.15, -0.1) is 0 Å². The minimum Gasteiger partial charge on any atom is -0.467 e. The summed E-state index contributed by atoms with van der Waals surface area (Å²) in [4.78, 5) is 15.2. The zero-order chi connectivity index (χ0) is 26.4. The third-order valence-corrected chi connectivity index (χ3v) is 8.23. The zero-order valence-corrected chi connectivity index (χ0v) is 21.4. The molecule has 37 heavy (non-hydrogen) atoms. The van der Waals surface area contributed by atoms with Crippen LogP contribution >= 0.6 is 11.3 Å². The number of rotatable bonds is 6. The molecule has 0 amide bonds. The second-order valence-electron chi connectivity index (χ2n) is 8.84. The summed E-state index contributed by atoms with van der Waals surface area (Å²) >= 11 is 1.32. The van der Waals surface area contributed by atoms with Crippen molar-refractivity contribution in [3.05, 3.63) is 42.2 Å². The van der Waals surface area contributed by atoms with Crippen molar-refractivity contribution in [3.63, 3.8) is 0 Å². The fraction of sp³-hybridized carbons (Fsp3) is 0.391. The SMILES string of the molecule is CC(Oc1nc2ccc(-c3ccc(S(C)(=O)=O)cc3)nc2s1)C1CCN(c2nc(C(F)(F)F)no2)CC1. The van der Waals surface area contributed by atoms with E-state index in [1.165, 1.54) is 11.3 Å². The molecule has 5 rings (SSSR count). The van der Waals surface area contributed by atoms with E-state index in [9.17, 15) is 21.6 Å². The molecule has 1 saturated heterocycles. The summed E-state index contributed by atoms with van der Waals surface area (Å²) in [6.45, 7) is 2.89. The van der Waals surface area contributed by atoms with Crippen LogP contribution in [0.2, 0.25) is 0 Å². The molecule has 0 radical (unpaired) electrons. The van der Waals surface area contributed by atoms with Crippen molar-refractivity contribution in [2.24, 2.45) is 5.92 Å². The van der Waals surface area contributed by atoms with E-state index in [-0.39, 0.29) is 22.9 Å². The lowest BCUT2D eigenvalue weighted by Crippen LogP contribution is -2.38. The predicted molar refractivity (Wildman–Crippen MR) is 130 cm³/mol. The van der Waals surface area contributed by atoms with Crippen molar-refractivity contribution in [2.75, 3.05) is 24.2 Å². The smallest absolute Gasteiger partial charge is 0.455 e. The molecule has 196 valence electrons. The number of ether oxygens (including phenoxy) is 1. The highest BCUT2D eigenvalue weighted by Gasteiger charge is 2.38. The van der Waals surface area contributed by atoms with Gasteiger partial charge in [0.1, 0.15) is 16.5 Å². The molecule has 0 saturated carbocycles. The van der Waals surface area contributed by atoms with Crippen LogP contribution in [0.15, 0.2) is 45.8 Å². The summed E-state index contributed by atoms with van der Waals surface area (Å²) in [7, 11) is -3.27. The molecule has 3 aromatic heterocycles. The summed E-state index contributed by atoms with van der Waals surface area (Å²) < 4.78 is 72.5. The van der Waals surface area contributed by atoms with Crippen LogP contribution in [0, 0.1) is 5.92 Å². The number of halogens is 3. The zero-order valence-electron chi connectivity index (χ0n) is 19.8. The molecule has 1 aliphatic rings. The summed E-state index contributed by atoms with van der Waals surface area (Å²) in [5, 5.41) is 3.50. The maximum Gasteiger partial charge on any atom is 0.455 e. The van der Waals surface area contributed by atoms with Gasteiger partial charge < -0.3 is 14.2 Å². The highest BCUT2D eigenvalue weighted by Crippen LogP contribution is 2.33. The van der Waals surface area contributed by atoms with E-state index < -0.39 is 21.8 Å². The number of nitrogens with zero attached hydrogens (tertiary/aromatic N) is 5. The molecule has 4 aromatic rings. The average Bonchev–Trinajstić information content (AvgIpc) is 3.50. The fourth-order valence-corrected chi connectivity index (χ4v) is 5.66. The number of piperidine rings is 1. The molecule has 4 heterocycles. The minimum atomic E-state index is -4.64. The molecule has 9 nitrogen and oxygen atoms in total. The van der Waals surface area contributed by atoms with Gasteiger partial charge in [-0.3, -0.25) is 0 Å². The fourth-order valence-electron chi connectivity index (χ4n) is 4.16. The Morgan fingerprint density at radius 3 is 2.41 bits per heavy atom. The second kappa shape index (κ2) is 9.56. The van der Waals surface area contributed by atoms with Crippen LogP contribution in [-0.4, -0.2) is 54.0 Å². The van der Waals surface area contributed by atoms with E-state index >= 15 is 0 Å². The molecule has 14 heteroatoms. The molecule has 0 N–H and O–H groups in total. The number of hydrogen-bond donors (Lipinski definition) is 0.